The quantitative estimate of drug-likeness (QED) is 0.471. The van der Waals surface area contributed by atoms with Crippen LogP contribution < -0.4 is 10.6 Å². The van der Waals surface area contributed by atoms with Gasteiger partial charge in [-0.25, -0.2) is 9.79 Å². The topological polar surface area (TPSA) is 80.3 Å². The van der Waals surface area contributed by atoms with E-state index in [9.17, 15) is 9.59 Å². The molecule has 0 bridgehead atoms. The fourth-order valence-electron chi connectivity index (χ4n) is 5.49. The largest absolute Gasteiger partial charge is 0.353 e. The van der Waals surface area contributed by atoms with Crippen LogP contribution in [-0.4, -0.2) is 71.7 Å². The normalized spacial score (nSPS) is 21.4. The van der Waals surface area contributed by atoms with E-state index < -0.39 is 5.54 Å². The first-order valence-corrected chi connectivity index (χ1v) is 14.0. The monoisotopic (exact) mass is 528 g/mol. The maximum absolute atomic E-state index is 13.2. The Morgan fingerprint density at radius 1 is 0.974 bits per heavy atom. The van der Waals surface area contributed by atoms with Crippen molar-refractivity contribution >= 4 is 45.5 Å². The summed E-state index contributed by atoms with van der Waals surface area (Å²) in [7, 11) is 0. The fraction of sp³-hybridized carbons (Fsp3) is 0.345. The molecule has 196 valence electrons. The second-order valence-electron chi connectivity index (χ2n) is 10.2. The summed E-state index contributed by atoms with van der Waals surface area (Å²) in [6.45, 7) is 8.76. The van der Waals surface area contributed by atoms with Gasteiger partial charge in [0.05, 0.1) is 16.9 Å². The molecule has 38 heavy (non-hydrogen) atoms. The molecular formula is C29H32N6O2S. The van der Waals surface area contributed by atoms with Crippen LogP contribution in [-0.2, 0) is 10.3 Å². The molecule has 8 nitrogen and oxygen atoms in total. The van der Waals surface area contributed by atoms with Crippen LogP contribution in [0.25, 0.3) is 0 Å². The first-order valence-electron chi connectivity index (χ1n) is 13.1. The van der Waals surface area contributed by atoms with Gasteiger partial charge in [0, 0.05) is 37.6 Å². The van der Waals surface area contributed by atoms with Crippen LogP contribution in [0.1, 0.15) is 29.3 Å². The number of benzene rings is 2. The van der Waals surface area contributed by atoms with Crippen molar-refractivity contribution in [3.8, 4) is 0 Å². The molecule has 1 aromatic heterocycles. The Bertz CT molecular complexity index is 1400. The van der Waals surface area contributed by atoms with Crippen molar-refractivity contribution in [3.63, 3.8) is 0 Å². The summed E-state index contributed by atoms with van der Waals surface area (Å²) in [5.74, 6) is 0.849. The number of nitrogens with one attached hydrogen (secondary N) is 2. The number of thiophene rings is 1. The maximum atomic E-state index is 13.2. The lowest BCUT2D eigenvalue weighted by molar-refractivity contribution is -0.131. The van der Waals surface area contributed by atoms with E-state index in [4.69, 9.17) is 4.99 Å². The Kier molecular flexibility index (Phi) is 6.41. The fourth-order valence-corrected chi connectivity index (χ4v) is 6.41. The van der Waals surface area contributed by atoms with Crippen LogP contribution in [0.4, 0.5) is 21.2 Å². The number of carbonyl (C=O) groups is 2. The second kappa shape index (κ2) is 9.89. The van der Waals surface area contributed by atoms with Gasteiger partial charge in [-0.05, 0) is 50.6 Å². The first-order chi connectivity index (χ1) is 18.4. The van der Waals surface area contributed by atoms with Gasteiger partial charge in [0.1, 0.15) is 16.4 Å². The van der Waals surface area contributed by atoms with Crippen molar-refractivity contribution in [1.29, 1.82) is 0 Å². The Morgan fingerprint density at radius 3 is 2.50 bits per heavy atom. The molecule has 3 amide bonds. The molecule has 1 atom stereocenters. The second-order valence-corrected chi connectivity index (χ2v) is 11.5. The van der Waals surface area contributed by atoms with E-state index in [0.717, 1.165) is 72.5 Å². The van der Waals surface area contributed by atoms with Crippen LogP contribution in [0.3, 0.4) is 0 Å². The standard InChI is InChI=1S/C29H32N6O2S/c1-20-19-22-25(30-23-11-6-7-12-24(23)31-26(22)38-20)34-17-15-33(16-18-34)13-8-14-35-27(36)29(2,32-28(35)37)21-9-4-3-5-10-21/h3-7,9-12,19,31H,8,13-18H2,1-2H3,(H,32,37). The van der Waals surface area contributed by atoms with Gasteiger partial charge in [-0.15, -0.1) is 11.3 Å². The molecule has 4 heterocycles. The Balaban J connectivity index is 1.07. The molecule has 9 heteroatoms. The van der Waals surface area contributed by atoms with Gasteiger partial charge in [-0.1, -0.05) is 42.5 Å². The highest BCUT2D eigenvalue weighted by Gasteiger charge is 2.48. The van der Waals surface area contributed by atoms with Crippen molar-refractivity contribution < 1.29 is 9.59 Å². The highest BCUT2D eigenvalue weighted by atomic mass is 32.1. The molecule has 0 aliphatic carbocycles. The maximum Gasteiger partial charge on any atom is 0.325 e. The van der Waals surface area contributed by atoms with Gasteiger partial charge in [0.15, 0.2) is 0 Å². The van der Waals surface area contributed by atoms with Crippen LogP contribution in [0, 0.1) is 6.92 Å². The Labute approximate surface area is 227 Å². The summed E-state index contributed by atoms with van der Waals surface area (Å²) in [6, 6.07) is 19.6. The van der Waals surface area contributed by atoms with Crippen molar-refractivity contribution in [2.24, 2.45) is 4.99 Å². The third kappa shape index (κ3) is 4.46. The number of amides is 3. The summed E-state index contributed by atoms with van der Waals surface area (Å²) in [6.07, 6.45) is 0.746. The van der Waals surface area contributed by atoms with Gasteiger partial charge in [-0.2, -0.15) is 0 Å². The number of imide groups is 1. The summed E-state index contributed by atoms with van der Waals surface area (Å²) >= 11 is 1.76. The van der Waals surface area contributed by atoms with Gasteiger partial charge >= 0.3 is 6.03 Å². The minimum absolute atomic E-state index is 0.180. The van der Waals surface area contributed by atoms with Gasteiger partial charge in [0.2, 0.25) is 0 Å². The van der Waals surface area contributed by atoms with E-state index >= 15 is 0 Å². The number of aryl methyl sites for hydroxylation is 1. The number of hydrogen-bond donors (Lipinski definition) is 2. The Hall–Kier alpha value is -3.69. The highest BCUT2D eigenvalue weighted by molar-refractivity contribution is 7.16. The molecule has 3 aliphatic heterocycles. The van der Waals surface area contributed by atoms with Crippen LogP contribution in [0.15, 0.2) is 65.7 Å². The van der Waals surface area contributed by atoms with E-state index in [2.05, 4.69) is 45.6 Å². The van der Waals surface area contributed by atoms with Crippen molar-refractivity contribution in [1.82, 2.24) is 20.0 Å². The lowest BCUT2D eigenvalue weighted by Gasteiger charge is -2.36. The predicted octanol–water partition coefficient (Wildman–Crippen LogP) is 4.67. The SMILES string of the molecule is Cc1cc2c(s1)Nc1ccccc1N=C2N1CCN(CCCN2C(=O)NC(C)(c3ccccc3)C2=O)CC1. The zero-order valence-corrected chi connectivity index (χ0v) is 22.6. The Morgan fingerprint density at radius 2 is 1.71 bits per heavy atom. The number of aliphatic imine (C=N–C) groups is 1. The van der Waals surface area contributed by atoms with Gasteiger partial charge in [-0.3, -0.25) is 14.6 Å². The number of urea groups is 1. The van der Waals surface area contributed by atoms with Crippen LogP contribution in [0.5, 0.6) is 0 Å². The molecule has 2 aromatic carbocycles. The summed E-state index contributed by atoms with van der Waals surface area (Å²) in [5, 5.41) is 7.62. The molecule has 3 aliphatic rings. The number of piperazine rings is 1. The number of carbonyl (C=O) groups excluding carboxylic acids is 2. The minimum Gasteiger partial charge on any atom is -0.353 e. The first kappa shape index (κ1) is 24.6. The molecule has 2 N–H and O–H groups in total. The number of amidine groups is 1. The molecule has 2 saturated heterocycles. The zero-order chi connectivity index (χ0) is 26.3. The molecule has 0 saturated carbocycles. The van der Waals surface area contributed by atoms with E-state index in [1.54, 1.807) is 18.3 Å². The van der Waals surface area contributed by atoms with Gasteiger partial charge < -0.3 is 15.5 Å². The lowest BCUT2D eigenvalue weighted by atomic mass is 9.92. The molecule has 2 fully saturated rings. The van der Waals surface area contributed by atoms with Gasteiger partial charge in [0.25, 0.3) is 5.91 Å². The average Bonchev–Trinajstić information content (AvgIpc) is 3.34. The number of anilines is 2. The van der Waals surface area contributed by atoms with Crippen molar-refractivity contribution in [3.05, 3.63) is 76.7 Å². The zero-order valence-electron chi connectivity index (χ0n) is 21.7. The van der Waals surface area contributed by atoms with Crippen LogP contribution in [0.2, 0.25) is 0 Å². The van der Waals surface area contributed by atoms with Crippen molar-refractivity contribution in [2.45, 2.75) is 25.8 Å². The van der Waals surface area contributed by atoms with E-state index in [1.807, 2.05) is 42.5 Å². The molecule has 0 radical (unpaired) electrons. The van der Waals surface area contributed by atoms with E-state index in [-0.39, 0.29) is 11.9 Å². The molecule has 6 rings (SSSR count). The van der Waals surface area contributed by atoms with Crippen molar-refractivity contribution in [2.75, 3.05) is 44.6 Å². The molecule has 1 unspecified atom stereocenters. The number of hydrogen-bond acceptors (Lipinski definition) is 7. The lowest BCUT2D eigenvalue weighted by Crippen LogP contribution is -2.49. The third-order valence-corrected chi connectivity index (χ3v) is 8.59. The smallest absolute Gasteiger partial charge is 0.325 e. The molecule has 0 spiro atoms. The number of fused-ring (bicyclic) bond motifs is 2. The number of para-hydroxylation sites is 2. The predicted molar refractivity (Wildman–Crippen MR) is 152 cm³/mol. The summed E-state index contributed by atoms with van der Waals surface area (Å²) < 4.78 is 0. The third-order valence-electron chi connectivity index (χ3n) is 7.63. The number of nitrogens with zero attached hydrogens (tertiary/aromatic N) is 4. The molecule has 3 aromatic rings. The van der Waals surface area contributed by atoms with E-state index in [0.29, 0.717) is 6.54 Å². The summed E-state index contributed by atoms with van der Waals surface area (Å²) in [5.41, 5.74) is 2.96. The molecular weight excluding hydrogens is 496 g/mol. The van der Waals surface area contributed by atoms with Crippen LogP contribution >= 0.6 is 11.3 Å². The number of rotatable bonds is 5. The summed E-state index contributed by atoms with van der Waals surface area (Å²) in [4.78, 5) is 38.3. The highest BCUT2D eigenvalue weighted by Crippen LogP contribution is 2.39. The average molecular weight is 529 g/mol. The minimum atomic E-state index is -1.00. The van der Waals surface area contributed by atoms with E-state index in [1.165, 1.54) is 9.78 Å².